The fraction of sp³-hybridized carbons (Fsp3) is 0.588. The Labute approximate surface area is 132 Å². The first kappa shape index (κ1) is 16.8. The summed E-state index contributed by atoms with van der Waals surface area (Å²) < 4.78 is 11.2. The zero-order valence-corrected chi connectivity index (χ0v) is 13.6. The van der Waals surface area contributed by atoms with Gasteiger partial charge in [0.25, 0.3) is 0 Å². The summed E-state index contributed by atoms with van der Waals surface area (Å²) in [6.45, 7) is 7.80. The van der Waals surface area contributed by atoms with E-state index in [4.69, 9.17) is 9.47 Å². The summed E-state index contributed by atoms with van der Waals surface area (Å²) in [7, 11) is 0. The fourth-order valence-electron chi connectivity index (χ4n) is 2.15. The molecule has 2 rings (SSSR count). The maximum absolute atomic E-state index is 11.8. The van der Waals surface area contributed by atoms with E-state index < -0.39 is 0 Å². The molecule has 0 saturated carbocycles. The third kappa shape index (κ3) is 6.03. The molecule has 0 bridgehead atoms. The van der Waals surface area contributed by atoms with Gasteiger partial charge in [-0.1, -0.05) is 0 Å². The van der Waals surface area contributed by atoms with Crippen LogP contribution in [-0.4, -0.2) is 37.3 Å². The lowest BCUT2D eigenvalue weighted by atomic mass is 10.1. The average molecular weight is 306 g/mol. The summed E-state index contributed by atoms with van der Waals surface area (Å²) in [4.78, 5) is 11.8. The molecule has 22 heavy (non-hydrogen) atoms. The van der Waals surface area contributed by atoms with Gasteiger partial charge in [-0.2, -0.15) is 0 Å². The lowest BCUT2D eigenvalue weighted by molar-refractivity contribution is -0.115. The maximum Gasteiger partial charge on any atom is 0.238 e. The fourth-order valence-corrected chi connectivity index (χ4v) is 2.15. The summed E-state index contributed by atoms with van der Waals surface area (Å²) in [5.74, 6) is 0.740. The van der Waals surface area contributed by atoms with Gasteiger partial charge in [-0.3, -0.25) is 4.79 Å². The number of amides is 1. The highest BCUT2D eigenvalue weighted by atomic mass is 16.5. The van der Waals surface area contributed by atoms with Crippen molar-refractivity contribution >= 4 is 11.6 Å². The van der Waals surface area contributed by atoms with Crippen molar-refractivity contribution in [3.8, 4) is 5.75 Å². The minimum absolute atomic E-state index is 0.0528. The van der Waals surface area contributed by atoms with E-state index in [9.17, 15) is 4.79 Å². The van der Waals surface area contributed by atoms with Gasteiger partial charge in [0.2, 0.25) is 5.91 Å². The molecule has 1 amide bonds. The van der Waals surface area contributed by atoms with Crippen molar-refractivity contribution < 1.29 is 14.3 Å². The predicted octanol–water partition coefficient (Wildman–Crippen LogP) is 2.57. The Balaban J connectivity index is 1.74. The topological polar surface area (TPSA) is 59.6 Å². The molecule has 1 aromatic rings. The molecule has 0 spiro atoms. The molecular weight excluding hydrogens is 280 g/mol. The molecule has 0 radical (unpaired) electrons. The SMILES string of the molecule is CC(C)(C)NCC(=O)Nc1ccc(OCC2CCCO2)cc1. The Hall–Kier alpha value is -1.59. The largest absolute Gasteiger partial charge is 0.491 e. The Bertz CT molecular complexity index is 474. The molecule has 5 nitrogen and oxygen atoms in total. The second-order valence-corrected chi connectivity index (χ2v) is 6.62. The van der Waals surface area contributed by atoms with Crippen LogP contribution in [0.1, 0.15) is 33.6 Å². The van der Waals surface area contributed by atoms with E-state index in [1.807, 2.05) is 45.0 Å². The molecule has 0 aliphatic carbocycles. The Morgan fingerprint density at radius 1 is 1.32 bits per heavy atom. The minimum Gasteiger partial charge on any atom is -0.491 e. The van der Waals surface area contributed by atoms with Crippen LogP contribution in [0.2, 0.25) is 0 Å². The standard InChI is InChI=1S/C17H26N2O3/c1-17(2,3)18-11-16(20)19-13-6-8-14(9-7-13)22-12-15-5-4-10-21-15/h6-9,15,18H,4-5,10-12H2,1-3H3,(H,19,20). The number of rotatable bonds is 6. The van der Waals surface area contributed by atoms with Crippen molar-refractivity contribution in [3.63, 3.8) is 0 Å². The molecule has 1 fully saturated rings. The Morgan fingerprint density at radius 3 is 2.64 bits per heavy atom. The minimum atomic E-state index is -0.0721. The molecule has 1 aromatic carbocycles. The van der Waals surface area contributed by atoms with Crippen molar-refractivity contribution in [2.45, 2.75) is 45.3 Å². The van der Waals surface area contributed by atoms with Crippen LogP contribution >= 0.6 is 0 Å². The lowest BCUT2D eigenvalue weighted by Gasteiger charge is -2.20. The quantitative estimate of drug-likeness (QED) is 0.848. The summed E-state index contributed by atoms with van der Waals surface area (Å²) in [5, 5.41) is 6.01. The van der Waals surface area contributed by atoms with Crippen molar-refractivity contribution in [2.24, 2.45) is 0 Å². The third-order valence-electron chi connectivity index (χ3n) is 3.38. The van der Waals surface area contributed by atoms with E-state index in [0.717, 1.165) is 30.9 Å². The van der Waals surface area contributed by atoms with E-state index >= 15 is 0 Å². The molecule has 0 aromatic heterocycles. The average Bonchev–Trinajstić information content (AvgIpc) is 2.97. The van der Waals surface area contributed by atoms with Crippen molar-refractivity contribution in [3.05, 3.63) is 24.3 Å². The first-order valence-electron chi connectivity index (χ1n) is 7.82. The monoisotopic (exact) mass is 306 g/mol. The van der Waals surface area contributed by atoms with E-state index in [2.05, 4.69) is 10.6 Å². The van der Waals surface area contributed by atoms with Crippen LogP contribution in [0.3, 0.4) is 0 Å². The number of carbonyl (C=O) groups excluding carboxylic acids is 1. The van der Waals surface area contributed by atoms with Gasteiger partial charge in [0.05, 0.1) is 12.6 Å². The van der Waals surface area contributed by atoms with Crippen molar-refractivity contribution in [1.82, 2.24) is 5.32 Å². The van der Waals surface area contributed by atoms with Gasteiger partial charge in [0.15, 0.2) is 0 Å². The second kappa shape index (κ2) is 7.61. The van der Waals surface area contributed by atoms with E-state index in [0.29, 0.717) is 13.2 Å². The summed E-state index contributed by atoms with van der Waals surface area (Å²) in [6.07, 6.45) is 2.39. The highest BCUT2D eigenvalue weighted by Crippen LogP contribution is 2.18. The molecule has 2 N–H and O–H groups in total. The lowest BCUT2D eigenvalue weighted by Crippen LogP contribution is -2.41. The van der Waals surface area contributed by atoms with Gasteiger partial charge in [0, 0.05) is 17.8 Å². The van der Waals surface area contributed by atoms with Crippen LogP contribution in [0.5, 0.6) is 5.75 Å². The van der Waals surface area contributed by atoms with Gasteiger partial charge >= 0.3 is 0 Å². The van der Waals surface area contributed by atoms with Crippen LogP contribution in [0.25, 0.3) is 0 Å². The maximum atomic E-state index is 11.8. The van der Waals surface area contributed by atoms with E-state index in [-0.39, 0.29) is 17.6 Å². The third-order valence-corrected chi connectivity index (χ3v) is 3.38. The normalized spacial score (nSPS) is 18.2. The van der Waals surface area contributed by atoms with Gasteiger partial charge in [-0.15, -0.1) is 0 Å². The highest BCUT2D eigenvalue weighted by molar-refractivity contribution is 5.92. The number of hydrogen-bond donors (Lipinski definition) is 2. The summed E-state index contributed by atoms with van der Waals surface area (Å²) in [6, 6.07) is 7.42. The van der Waals surface area contributed by atoms with E-state index in [1.54, 1.807) is 0 Å². The van der Waals surface area contributed by atoms with Crippen LogP contribution in [0, 0.1) is 0 Å². The molecule has 1 atom stereocenters. The van der Waals surface area contributed by atoms with Gasteiger partial charge in [-0.25, -0.2) is 0 Å². The van der Waals surface area contributed by atoms with Crippen molar-refractivity contribution in [1.29, 1.82) is 0 Å². The molecule has 5 heteroatoms. The molecule has 1 unspecified atom stereocenters. The second-order valence-electron chi connectivity index (χ2n) is 6.62. The number of benzene rings is 1. The molecule has 122 valence electrons. The van der Waals surface area contributed by atoms with Crippen LogP contribution in [0.4, 0.5) is 5.69 Å². The van der Waals surface area contributed by atoms with Crippen LogP contribution < -0.4 is 15.4 Å². The number of carbonyl (C=O) groups is 1. The zero-order chi connectivity index (χ0) is 16.0. The molecule has 1 aliphatic rings. The predicted molar refractivity (Wildman–Crippen MR) is 87.3 cm³/mol. The number of anilines is 1. The highest BCUT2D eigenvalue weighted by Gasteiger charge is 2.16. The number of ether oxygens (including phenoxy) is 2. The number of hydrogen-bond acceptors (Lipinski definition) is 4. The first-order valence-corrected chi connectivity index (χ1v) is 7.82. The summed E-state index contributed by atoms with van der Waals surface area (Å²) >= 11 is 0. The Kier molecular flexibility index (Phi) is 5.80. The number of nitrogens with one attached hydrogen (secondary N) is 2. The van der Waals surface area contributed by atoms with E-state index in [1.165, 1.54) is 0 Å². The van der Waals surface area contributed by atoms with Crippen LogP contribution in [-0.2, 0) is 9.53 Å². The van der Waals surface area contributed by atoms with Gasteiger partial charge in [0.1, 0.15) is 12.4 Å². The van der Waals surface area contributed by atoms with Crippen LogP contribution in [0.15, 0.2) is 24.3 Å². The smallest absolute Gasteiger partial charge is 0.238 e. The molecular formula is C17H26N2O3. The zero-order valence-electron chi connectivity index (χ0n) is 13.6. The molecule has 1 saturated heterocycles. The Morgan fingerprint density at radius 2 is 2.05 bits per heavy atom. The van der Waals surface area contributed by atoms with Crippen molar-refractivity contribution in [2.75, 3.05) is 25.1 Å². The summed E-state index contributed by atoms with van der Waals surface area (Å²) in [5.41, 5.74) is 0.697. The van der Waals surface area contributed by atoms with Gasteiger partial charge in [-0.05, 0) is 57.9 Å². The first-order chi connectivity index (χ1) is 10.4. The molecule has 1 aliphatic heterocycles. The van der Waals surface area contributed by atoms with Gasteiger partial charge < -0.3 is 20.1 Å². The molecule has 1 heterocycles.